The van der Waals surface area contributed by atoms with Gasteiger partial charge in [0.2, 0.25) is 5.78 Å². The number of methoxy groups -OCH3 is 1. The number of carbonyl (C=O) groups is 3. The molecule has 8 nitrogen and oxygen atoms in total. The van der Waals surface area contributed by atoms with Gasteiger partial charge in [-0.2, -0.15) is 0 Å². The number of carboxylic acids is 1. The van der Waals surface area contributed by atoms with Crippen LogP contribution in [0.3, 0.4) is 0 Å². The molecule has 0 aliphatic heterocycles. The predicted molar refractivity (Wildman–Crippen MR) is 103 cm³/mol. The van der Waals surface area contributed by atoms with Gasteiger partial charge in [-0.15, -0.1) is 0 Å². The molecule has 3 rings (SSSR count). The fourth-order valence-corrected chi connectivity index (χ4v) is 3.19. The molecule has 0 spiro atoms. The molecule has 0 fully saturated rings. The Morgan fingerprint density at radius 2 is 1.82 bits per heavy atom. The van der Waals surface area contributed by atoms with Gasteiger partial charge in [-0.1, -0.05) is 0 Å². The molecule has 2 aromatic heterocycles. The summed E-state index contributed by atoms with van der Waals surface area (Å²) in [6.07, 6.45) is 1.55. The van der Waals surface area contributed by atoms with Gasteiger partial charge in [-0.3, -0.25) is 9.59 Å². The first kappa shape index (κ1) is 19.0. The minimum absolute atomic E-state index is 0.0697. The van der Waals surface area contributed by atoms with Crippen LogP contribution in [0, 0.1) is 6.92 Å². The quantitative estimate of drug-likeness (QED) is 0.459. The van der Waals surface area contributed by atoms with Crippen LogP contribution in [0.5, 0.6) is 5.75 Å². The van der Waals surface area contributed by atoms with Crippen LogP contribution in [0.15, 0.2) is 36.5 Å². The number of nitrogen functional groups attached to an aromatic ring is 1. The van der Waals surface area contributed by atoms with Gasteiger partial charge in [0.15, 0.2) is 0 Å². The maximum atomic E-state index is 13.2. The molecule has 0 unspecified atom stereocenters. The first-order valence-corrected chi connectivity index (χ1v) is 8.38. The van der Waals surface area contributed by atoms with E-state index in [2.05, 4.69) is 5.32 Å². The summed E-state index contributed by atoms with van der Waals surface area (Å²) in [6, 6.07) is 7.43. The van der Waals surface area contributed by atoms with Crippen LogP contribution in [0.4, 0.5) is 5.69 Å². The summed E-state index contributed by atoms with van der Waals surface area (Å²) >= 11 is 0. The fourth-order valence-electron chi connectivity index (χ4n) is 3.19. The molecule has 3 aromatic rings. The molecule has 0 saturated carbocycles. The van der Waals surface area contributed by atoms with Gasteiger partial charge >= 0.3 is 5.97 Å². The Hall–Kier alpha value is -3.81. The van der Waals surface area contributed by atoms with E-state index in [1.54, 1.807) is 29.7 Å². The number of pyridine rings is 1. The van der Waals surface area contributed by atoms with Crippen molar-refractivity contribution in [1.82, 2.24) is 9.72 Å². The second kappa shape index (κ2) is 7.07. The summed E-state index contributed by atoms with van der Waals surface area (Å²) in [5, 5.41) is 11.8. The summed E-state index contributed by atoms with van der Waals surface area (Å²) in [6.45, 7) is 1.73. The van der Waals surface area contributed by atoms with Crippen molar-refractivity contribution >= 4 is 28.9 Å². The molecule has 144 valence electrons. The number of ketones is 1. The van der Waals surface area contributed by atoms with Crippen LogP contribution in [0.25, 0.3) is 5.52 Å². The molecule has 8 heteroatoms. The molecule has 28 heavy (non-hydrogen) atoms. The summed E-state index contributed by atoms with van der Waals surface area (Å²) in [7, 11) is 3.01. The molecule has 0 atom stereocenters. The van der Waals surface area contributed by atoms with E-state index in [1.807, 2.05) is 0 Å². The zero-order valence-corrected chi connectivity index (χ0v) is 15.6. The number of amides is 1. The lowest BCUT2D eigenvalue weighted by Crippen LogP contribution is -2.18. The molecule has 4 N–H and O–H groups in total. The zero-order chi connectivity index (χ0) is 20.6. The van der Waals surface area contributed by atoms with Gasteiger partial charge in [-0.05, 0) is 37.3 Å². The van der Waals surface area contributed by atoms with E-state index in [1.165, 1.54) is 32.4 Å². The summed E-state index contributed by atoms with van der Waals surface area (Å²) in [5.74, 6) is -1.43. The molecule has 0 aliphatic rings. The topological polar surface area (TPSA) is 123 Å². The van der Waals surface area contributed by atoms with Crippen molar-refractivity contribution in [3.05, 3.63) is 64.5 Å². The lowest BCUT2D eigenvalue weighted by atomic mass is 10.0. The highest BCUT2D eigenvalue weighted by Crippen LogP contribution is 2.32. The van der Waals surface area contributed by atoms with Crippen molar-refractivity contribution in [1.29, 1.82) is 0 Å². The summed E-state index contributed by atoms with van der Waals surface area (Å²) in [5.41, 5.74) is 7.61. The number of aromatic carboxylic acids is 1. The van der Waals surface area contributed by atoms with E-state index < -0.39 is 11.8 Å². The number of hydrogen-bond acceptors (Lipinski definition) is 5. The molecule has 0 bridgehead atoms. The number of aromatic nitrogens is 1. The van der Waals surface area contributed by atoms with Crippen LogP contribution in [-0.4, -0.2) is 41.3 Å². The minimum Gasteiger partial charge on any atom is -0.494 e. The standard InChI is InChI=1S/C20H19N3O5/c1-10-16(17(24)11-4-6-14(21)13(8-11)20(26)27)23-9-12(19(25)22-2)5-7-15(23)18(10)28-3/h4-9H,21H2,1-3H3,(H,22,25)(H,26,27). The molecular weight excluding hydrogens is 362 g/mol. The van der Waals surface area contributed by atoms with Gasteiger partial charge in [0, 0.05) is 30.1 Å². The average Bonchev–Trinajstić information content (AvgIpc) is 2.97. The van der Waals surface area contributed by atoms with Crippen molar-refractivity contribution in [2.24, 2.45) is 0 Å². The number of carbonyl (C=O) groups excluding carboxylic acids is 2. The molecular formula is C20H19N3O5. The number of nitrogens with zero attached hydrogens (tertiary/aromatic N) is 1. The highest BCUT2D eigenvalue weighted by molar-refractivity contribution is 6.12. The maximum Gasteiger partial charge on any atom is 0.337 e. The normalized spacial score (nSPS) is 10.7. The Bertz CT molecular complexity index is 1130. The van der Waals surface area contributed by atoms with Gasteiger partial charge in [0.25, 0.3) is 5.91 Å². The van der Waals surface area contributed by atoms with E-state index in [9.17, 15) is 19.5 Å². The molecule has 0 saturated heterocycles. The molecule has 0 aliphatic carbocycles. The second-order valence-corrected chi connectivity index (χ2v) is 6.20. The number of hydrogen-bond donors (Lipinski definition) is 3. The van der Waals surface area contributed by atoms with E-state index in [-0.39, 0.29) is 28.4 Å². The van der Waals surface area contributed by atoms with Crippen LogP contribution in [0.2, 0.25) is 0 Å². The van der Waals surface area contributed by atoms with E-state index in [0.29, 0.717) is 22.4 Å². The maximum absolute atomic E-state index is 13.2. The lowest BCUT2D eigenvalue weighted by Gasteiger charge is -2.08. The highest BCUT2D eigenvalue weighted by Gasteiger charge is 2.24. The Kier molecular flexibility index (Phi) is 4.79. The van der Waals surface area contributed by atoms with Crippen LogP contribution >= 0.6 is 0 Å². The smallest absolute Gasteiger partial charge is 0.337 e. The van der Waals surface area contributed by atoms with Gasteiger partial charge in [0.05, 0.1) is 23.8 Å². The van der Waals surface area contributed by atoms with Gasteiger partial charge < -0.3 is 25.3 Å². The van der Waals surface area contributed by atoms with Crippen LogP contribution in [-0.2, 0) is 0 Å². The number of nitrogens with two attached hydrogens (primary N) is 1. The van der Waals surface area contributed by atoms with Crippen molar-refractivity contribution in [2.45, 2.75) is 6.92 Å². The minimum atomic E-state index is -1.22. The average molecular weight is 381 g/mol. The number of fused-ring (bicyclic) bond motifs is 1. The third kappa shape index (κ3) is 2.94. The third-order valence-electron chi connectivity index (χ3n) is 4.57. The molecule has 0 radical (unpaired) electrons. The lowest BCUT2D eigenvalue weighted by molar-refractivity contribution is 0.0697. The summed E-state index contributed by atoms with van der Waals surface area (Å²) < 4.78 is 7.03. The van der Waals surface area contributed by atoms with Crippen molar-refractivity contribution in [3.63, 3.8) is 0 Å². The third-order valence-corrected chi connectivity index (χ3v) is 4.57. The highest BCUT2D eigenvalue weighted by atomic mass is 16.5. The largest absolute Gasteiger partial charge is 0.494 e. The SMILES string of the molecule is CNC(=O)c1ccc2c(OC)c(C)c(C(=O)c3ccc(N)c(C(=O)O)c3)n2c1. The number of anilines is 1. The van der Waals surface area contributed by atoms with Crippen LogP contribution < -0.4 is 15.8 Å². The first-order chi connectivity index (χ1) is 13.3. The Morgan fingerprint density at radius 1 is 1.14 bits per heavy atom. The number of carboxylic acid groups (broad SMARTS) is 1. The molecule has 1 aromatic carbocycles. The van der Waals surface area contributed by atoms with Crippen molar-refractivity contribution in [3.8, 4) is 5.75 Å². The molecule has 2 heterocycles. The Labute approximate surface area is 160 Å². The van der Waals surface area contributed by atoms with Crippen LogP contribution in [0.1, 0.15) is 42.3 Å². The Balaban J connectivity index is 2.25. The predicted octanol–water partition coefficient (Wildman–Crippen LogP) is 2.13. The van der Waals surface area contributed by atoms with E-state index in [4.69, 9.17) is 10.5 Å². The monoisotopic (exact) mass is 381 g/mol. The number of benzene rings is 1. The van der Waals surface area contributed by atoms with E-state index in [0.717, 1.165) is 0 Å². The second-order valence-electron chi connectivity index (χ2n) is 6.20. The number of nitrogens with one attached hydrogen (secondary N) is 1. The zero-order valence-electron chi connectivity index (χ0n) is 15.6. The number of ether oxygens (including phenoxy) is 1. The fraction of sp³-hybridized carbons (Fsp3) is 0.150. The first-order valence-electron chi connectivity index (χ1n) is 8.38. The van der Waals surface area contributed by atoms with Gasteiger partial charge in [0.1, 0.15) is 11.4 Å². The van der Waals surface area contributed by atoms with Crippen molar-refractivity contribution in [2.75, 3.05) is 19.9 Å². The van der Waals surface area contributed by atoms with E-state index >= 15 is 0 Å². The Morgan fingerprint density at radius 3 is 2.43 bits per heavy atom. The van der Waals surface area contributed by atoms with Crippen molar-refractivity contribution < 1.29 is 24.2 Å². The summed E-state index contributed by atoms with van der Waals surface area (Å²) in [4.78, 5) is 36.6. The number of rotatable bonds is 5. The van der Waals surface area contributed by atoms with Gasteiger partial charge in [-0.25, -0.2) is 4.79 Å². The molecule has 1 amide bonds.